The molecule has 0 aliphatic carbocycles. The molecule has 4 aromatic carbocycles. The molecule has 1 aliphatic heterocycles. The molecule has 0 radical (unpaired) electrons. The molecule has 1 aliphatic rings. The molecule has 196 valence electrons. The first-order valence-corrected chi connectivity index (χ1v) is 13.1. The Balaban J connectivity index is 1.42. The maximum absolute atomic E-state index is 13.3. The Hall–Kier alpha value is -3.38. The van der Waals surface area contributed by atoms with Gasteiger partial charge in [0, 0.05) is 22.8 Å². The smallest absolute Gasteiger partial charge is 0.132 e. The fraction of sp³-hybridized carbons (Fsp3) is 0.250. The summed E-state index contributed by atoms with van der Waals surface area (Å²) in [6, 6.07) is 30.3. The van der Waals surface area contributed by atoms with Gasteiger partial charge in [-0.2, -0.15) is 0 Å². The first-order chi connectivity index (χ1) is 18.4. The lowest BCUT2D eigenvalue weighted by Crippen LogP contribution is -2.50. The summed E-state index contributed by atoms with van der Waals surface area (Å²) in [5.74, 6) is 0.521. The van der Waals surface area contributed by atoms with Crippen molar-refractivity contribution in [2.24, 2.45) is 0 Å². The van der Waals surface area contributed by atoms with E-state index in [2.05, 4.69) is 11.4 Å². The van der Waals surface area contributed by atoms with Crippen LogP contribution in [0.25, 0.3) is 0 Å². The molecule has 0 saturated carbocycles. The van der Waals surface area contributed by atoms with Crippen LogP contribution >= 0.6 is 11.6 Å². The highest BCUT2D eigenvalue weighted by atomic mass is 35.5. The van der Waals surface area contributed by atoms with Crippen LogP contribution in [-0.2, 0) is 29.2 Å². The SMILES string of the molecule is CC1(C)Oc2ccc(NCc3ccc(F)cc3)cc2C(OCc2ccccc2)C1OCc1cccc(Cl)c1. The lowest BCUT2D eigenvalue weighted by atomic mass is 9.87. The van der Waals surface area contributed by atoms with Gasteiger partial charge in [0.05, 0.1) is 13.2 Å². The van der Waals surface area contributed by atoms with Crippen molar-refractivity contribution in [1.82, 2.24) is 0 Å². The molecule has 4 nitrogen and oxygen atoms in total. The second-order valence-corrected chi connectivity index (χ2v) is 10.5. The lowest BCUT2D eigenvalue weighted by Gasteiger charge is -2.44. The topological polar surface area (TPSA) is 39.7 Å². The van der Waals surface area contributed by atoms with Crippen LogP contribution in [0.5, 0.6) is 5.75 Å². The normalized spacial score (nSPS) is 17.9. The molecule has 6 heteroatoms. The molecule has 0 aromatic heterocycles. The van der Waals surface area contributed by atoms with Gasteiger partial charge in [-0.15, -0.1) is 0 Å². The van der Waals surface area contributed by atoms with Crippen LogP contribution in [-0.4, -0.2) is 11.7 Å². The van der Waals surface area contributed by atoms with E-state index in [4.69, 9.17) is 25.8 Å². The van der Waals surface area contributed by atoms with Crippen molar-refractivity contribution in [3.8, 4) is 5.75 Å². The van der Waals surface area contributed by atoms with Crippen molar-refractivity contribution in [2.45, 2.75) is 51.4 Å². The monoisotopic (exact) mass is 531 g/mol. The number of hydrogen-bond donors (Lipinski definition) is 1. The summed E-state index contributed by atoms with van der Waals surface area (Å²) in [7, 11) is 0. The maximum Gasteiger partial charge on any atom is 0.132 e. The molecule has 38 heavy (non-hydrogen) atoms. The van der Waals surface area contributed by atoms with Gasteiger partial charge < -0.3 is 19.5 Å². The average molecular weight is 532 g/mol. The zero-order valence-electron chi connectivity index (χ0n) is 21.5. The number of hydrogen-bond acceptors (Lipinski definition) is 4. The third-order valence-electron chi connectivity index (χ3n) is 6.65. The number of benzene rings is 4. The van der Waals surface area contributed by atoms with Crippen LogP contribution in [0.4, 0.5) is 10.1 Å². The Morgan fingerprint density at radius 1 is 0.816 bits per heavy atom. The van der Waals surface area contributed by atoms with Crippen molar-refractivity contribution < 1.29 is 18.6 Å². The Labute approximate surface area is 228 Å². The summed E-state index contributed by atoms with van der Waals surface area (Å²) in [5.41, 5.74) is 4.24. The quantitative estimate of drug-likeness (QED) is 0.237. The number of anilines is 1. The Morgan fingerprint density at radius 3 is 2.32 bits per heavy atom. The van der Waals surface area contributed by atoms with Crippen molar-refractivity contribution >= 4 is 17.3 Å². The van der Waals surface area contributed by atoms with E-state index in [1.165, 1.54) is 12.1 Å². The fourth-order valence-electron chi connectivity index (χ4n) is 4.69. The van der Waals surface area contributed by atoms with Crippen LogP contribution in [0.3, 0.4) is 0 Å². The fourth-order valence-corrected chi connectivity index (χ4v) is 4.90. The van der Waals surface area contributed by atoms with E-state index >= 15 is 0 Å². The van der Waals surface area contributed by atoms with Gasteiger partial charge in [-0.05, 0) is 73.0 Å². The number of halogens is 2. The third-order valence-corrected chi connectivity index (χ3v) is 6.89. The zero-order valence-corrected chi connectivity index (χ0v) is 22.3. The van der Waals surface area contributed by atoms with E-state index in [0.717, 1.165) is 33.7 Å². The Bertz CT molecular complexity index is 1360. The predicted octanol–water partition coefficient (Wildman–Crippen LogP) is 8.11. The average Bonchev–Trinajstić information content (AvgIpc) is 2.91. The van der Waals surface area contributed by atoms with Crippen molar-refractivity contribution in [3.05, 3.63) is 130 Å². The minimum atomic E-state index is -0.643. The first-order valence-electron chi connectivity index (χ1n) is 12.7. The Morgan fingerprint density at radius 2 is 1.55 bits per heavy atom. The van der Waals surface area contributed by atoms with Gasteiger partial charge in [0.25, 0.3) is 0 Å². The van der Waals surface area contributed by atoms with E-state index in [0.29, 0.717) is 24.8 Å². The molecule has 4 aromatic rings. The van der Waals surface area contributed by atoms with Crippen LogP contribution in [0.2, 0.25) is 5.02 Å². The molecule has 5 rings (SSSR count). The second kappa shape index (κ2) is 11.6. The summed E-state index contributed by atoms with van der Waals surface area (Å²) in [5, 5.41) is 4.11. The summed E-state index contributed by atoms with van der Waals surface area (Å²) < 4.78 is 32.9. The van der Waals surface area contributed by atoms with Gasteiger partial charge in [-0.3, -0.25) is 0 Å². The second-order valence-electron chi connectivity index (χ2n) is 10.0. The van der Waals surface area contributed by atoms with E-state index in [-0.39, 0.29) is 18.0 Å². The van der Waals surface area contributed by atoms with E-state index in [9.17, 15) is 4.39 Å². The van der Waals surface area contributed by atoms with Gasteiger partial charge in [0.15, 0.2) is 0 Å². The zero-order chi connectivity index (χ0) is 26.5. The highest BCUT2D eigenvalue weighted by Gasteiger charge is 2.45. The molecule has 0 fully saturated rings. The molecule has 0 saturated heterocycles. The lowest BCUT2D eigenvalue weighted by molar-refractivity contribution is -0.170. The molecule has 0 bridgehead atoms. The number of fused-ring (bicyclic) bond motifs is 1. The van der Waals surface area contributed by atoms with E-state index in [1.54, 1.807) is 12.1 Å². The number of nitrogens with one attached hydrogen (secondary N) is 1. The maximum atomic E-state index is 13.3. The van der Waals surface area contributed by atoms with Crippen molar-refractivity contribution in [1.29, 1.82) is 0 Å². The van der Waals surface area contributed by atoms with Gasteiger partial charge in [0.1, 0.15) is 29.4 Å². The van der Waals surface area contributed by atoms with Gasteiger partial charge in [-0.1, -0.05) is 66.2 Å². The van der Waals surface area contributed by atoms with Crippen LogP contribution in [0.1, 0.15) is 42.2 Å². The number of ether oxygens (including phenoxy) is 3. The predicted molar refractivity (Wildman–Crippen MR) is 149 cm³/mol. The molecule has 0 amide bonds. The molecule has 2 atom stereocenters. The van der Waals surface area contributed by atoms with Crippen molar-refractivity contribution in [3.63, 3.8) is 0 Å². The summed E-state index contributed by atoms with van der Waals surface area (Å²) in [6.45, 7) is 5.43. The molecular formula is C32H31ClFNO3. The minimum absolute atomic E-state index is 0.246. The number of rotatable bonds is 9. The summed E-state index contributed by atoms with van der Waals surface area (Å²) in [4.78, 5) is 0. The van der Waals surface area contributed by atoms with Crippen LogP contribution < -0.4 is 10.1 Å². The molecule has 1 heterocycles. The third kappa shape index (κ3) is 6.36. The highest BCUT2D eigenvalue weighted by molar-refractivity contribution is 6.30. The molecule has 1 N–H and O–H groups in total. The molecular weight excluding hydrogens is 501 g/mol. The standard InChI is InChI=1S/C32H31ClFNO3/c1-32(2)31(37-21-24-9-6-10-25(33)17-24)30(36-20-23-7-4-3-5-8-23)28-18-27(15-16-29(28)38-32)35-19-22-11-13-26(34)14-12-22/h3-18,30-31,35H,19-21H2,1-2H3. The molecule has 2 unspecified atom stereocenters. The summed E-state index contributed by atoms with van der Waals surface area (Å²) in [6.07, 6.45) is -0.759. The first kappa shape index (κ1) is 26.2. The summed E-state index contributed by atoms with van der Waals surface area (Å²) >= 11 is 6.20. The van der Waals surface area contributed by atoms with Gasteiger partial charge in [-0.25, -0.2) is 4.39 Å². The van der Waals surface area contributed by atoms with Crippen LogP contribution in [0.15, 0.2) is 97.1 Å². The molecule has 0 spiro atoms. The van der Waals surface area contributed by atoms with E-state index in [1.807, 2.05) is 80.6 Å². The largest absolute Gasteiger partial charge is 0.485 e. The van der Waals surface area contributed by atoms with E-state index < -0.39 is 5.60 Å². The van der Waals surface area contributed by atoms with Gasteiger partial charge in [0.2, 0.25) is 0 Å². The minimum Gasteiger partial charge on any atom is -0.485 e. The van der Waals surface area contributed by atoms with Crippen molar-refractivity contribution in [2.75, 3.05) is 5.32 Å². The van der Waals surface area contributed by atoms with Gasteiger partial charge >= 0.3 is 0 Å². The Kier molecular flexibility index (Phi) is 7.98. The van der Waals surface area contributed by atoms with Crippen LogP contribution in [0, 0.1) is 5.82 Å². The highest BCUT2D eigenvalue weighted by Crippen LogP contribution is 2.45.